The Labute approximate surface area is 146 Å². The van der Waals surface area contributed by atoms with Gasteiger partial charge in [0.1, 0.15) is 24.2 Å². The maximum atomic E-state index is 12.8. The van der Waals surface area contributed by atoms with E-state index in [1.807, 2.05) is 25.2 Å². The second-order valence-electron chi connectivity index (χ2n) is 5.76. The third-order valence-electron chi connectivity index (χ3n) is 4.22. The Kier molecular flexibility index (Phi) is 4.56. The number of aryl methyl sites for hydroxylation is 1. The Balaban J connectivity index is 2.13. The first-order valence-corrected chi connectivity index (χ1v) is 7.90. The monoisotopic (exact) mass is 340 g/mol. The van der Waals surface area contributed by atoms with Gasteiger partial charge in [-0.1, -0.05) is 24.3 Å². The Morgan fingerprint density at radius 3 is 2.76 bits per heavy atom. The molecule has 7 heteroatoms. The Bertz CT molecular complexity index is 814. The number of hydrogen-bond donors (Lipinski definition) is 0. The molecule has 0 aliphatic carbocycles. The predicted molar refractivity (Wildman–Crippen MR) is 92.1 cm³/mol. The van der Waals surface area contributed by atoms with Crippen LogP contribution in [-0.2, 0) is 11.8 Å². The molecule has 0 unspecified atom stereocenters. The average molecular weight is 340 g/mol. The summed E-state index contributed by atoms with van der Waals surface area (Å²) in [6.45, 7) is 3.99. The van der Waals surface area contributed by atoms with E-state index in [1.54, 1.807) is 36.2 Å². The van der Waals surface area contributed by atoms with Gasteiger partial charge in [-0.05, 0) is 6.07 Å². The number of imidazole rings is 1. The first-order chi connectivity index (χ1) is 12.1. The number of carbonyl (C=O) groups excluding carboxylic acids is 2. The molecule has 0 spiro atoms. The molecular formula is C18H20N4O3. The summed E-state index contributed by atoms with van der Waals surface area (Å²) < 4.78 is 7.25. The fourth-order valence-corrected chi connectivity index (χ4v) is 3.05. The predicted octanol–water partition coefficient (Wildman–Crippen LogP) is 1.97. The Morgan fingerprint density at radius 1 is 1.36 bits per heavy atom. The minimum Gasteiger partial charge on any atom is -0.496 e. The van der Waals surface area contributed by atoms with Crippen molar-refractivity contribution in [1.82, 2.24) is 19.4 Å². The molecule has 3 rings (SSSR count). The van der Waals surface area contributed by atoms with Crippen LogP contribution in [0.15, 0.2) is 49.3 Å². The average Bonchev–Trinajstić information content (AvgIpc) is 3.14. The van der Waals surface area contributed by atoms with Gasteiger partial charge >= 0.3 is 6.03 Å². The lowest BCUT2D eigenvalue weighted by Gasteiger charge is -2.27. The van der Waals surface area contributed by atoms with Crippen molar-refractivity contribution in [3.63, 3.8) is 0 Å². The molecule has 1 atom stereocenters. The highest BCUT2D eigenvalue weighted by Crippen LogP contribution is 2.36. The van der Waals surface area contributed by atoms with Gasteiger partial charge in [0.05, 0.1) is 7.11 Å². The number of para-hydroxylation sites is 1. The molecule has 1 aliphatic rings. The summed E-state index contributed by atoms with van der Waals surface area (Å²) in [4.78, 5) is 32.6. The van der Waals surface area contributed by atoms with Crippen LogP contribution < -0.4 is 4.74 Å². The molecule has 2 heterocycles. The number of imide groups is 1. The van der Waals surface area contributed by atoms with Gasteiger partial charge in [0.25, 0.3) is 5.91 Å². The number of carbonyl (C=O) groups is 2. The number of benzene rings is 1. The number of ether oxygens (including phenoxy) is 1. The van der Waals surface area contributed by atoms with Gasteiger partial charge in [-0.2, -0.15) is 0 Å². The van der Waals surface area contributed by atoms with E-state index < -0.39 is 6.04 Å². The molecule has 7 nitrogen and oxygen atoms in total. The van der Waals surface area contributed by atoms with Crippen molar-refractivity contribution in [1.29, 1.82) is 0 Å². The first kappa shape index (κ1) is 16.8. The molecule has 1 aromatic carbocycles. The summed E-state index contributed by atoms with van der Waals surface area (Å²) in [5.74, 6) is 0.913. The van der Waals surface area contributed by atoms with E-state index in [0.717, 1.165) is 0 Å². The van der Waals surface area contributed by atoms with Crippen molar-refractivity contribution < 1.29 is 14.3 Å². The lowest BCUT2D eigenvalue weighted by Crippen LogP contribution is -2.38. The standard InChI is InChI=1S/C18H20N4O3/c1-4-10-21-12-15(23)22(18(21)24)16(17-19-9-11-20(17)2)13-7-5-6-8-14(13)25-3/h4-9,11,16H,1,10,12H2,2-3H3/t16-/m0/s1. The van der Waals surface area contributed by atoms with Crippen molar-refractivity contribution in [3.8, 4) is 5.75 Å². The molecule has 1 saturated heterocycles. The number of amides is 3. The largest absolute Gasteiger partial charge is 0.496 e. The maximum absolute atomic E-state index is 12.8. The highest BCUT2D eigenvalue weighted by Gasteiger charge is 2.43. The number of aromatic nitrogens is 2. The van der Waals surface area contributed by atoms with Gasteiger partial charge in [-0.25, -0.2) is 14.7 Å². The van der Waals surface area contributed by atoms with Crippen LogP contribution in [0.4, 0.5) is 4.79 Å². The van der Waals surface area contributed by atoms with Gasteiger partial charge in [-0.15, -0.1) is 6.58 Å². The zero-order valence-corrected chi connectivity index (χ0v) is 14.3. The maximum Gasteiger partial charge on any atom is 0.328 e. The number of nitrogens with zero attached hydrogens (tertiary/aromatic N) is 4. The molecule has 0 saturated carbocycles. The third kappa shape index (κ3) is 2.88. The lowest BCUT2D eigenvalue weighted by atomic mass is 10.0. The molecule has 1 aliphatic heterocycles. The van der Waals surface area contributed by atoms with Crippen LogP contribution in [0.1, 0.15) is 17.4 Å². The molecule has 0 bridgehead atoms. The van der Waals surface area contributed by atoms with Crippen molar-refractivity contribution in [2.75, 3.05) is 20.2 Å². The molecular weight excluding hydrogens is 320 g/mol. The molecule has 25 heavy (non-hydrogen) atoms. The first-order valence-electron chi connectivity index (χ1n) is 7.90. The summed E-state index contributed by atoms with van der Waals surface area (Å²) in [5, 5.41) is 0. The van der Waals surface area contributed by atoms with Gasteiger partial charge in [-0.3, -0.25) is 4.79 Å². The quantitative estimate of drug-likeness (QED) is 0.596. The van der Waals surface area contributed by atoms with Crippen molar-refractivity contribution in [3.05, 3.63) is 60.7 Å². The second kappa shape index (κ2) is 6.80. The molecule has 1 fully saturated rings. The van der Waals surface area contributed by atoms with Gasteiger partial charge in [0, 0.05) is 31.5 Å². The smallest absolute Gasteiger partial charge is 0.328 e. The summed E-state index contributed by atoms with van der Waals surface area (Å²) in [5.41, 5.74) is 0.710. The molecule has 3 amide bonds. The summed E-state index contributed by atoms with van der Waals surface area (Å²) in [6.07, 6.45) is 5.03. The van der Waals surface area contributed by atoms with E-state index in [4.69, 9.17) is 4.74 Å². The minimum atomic E-state index is -0.661. The van der Waals surface area contributed by atoms with Crippen molar-refractivity contribution in [2.45, 2.75) is 6.04 Å². The van der Waals surface area contributed by atoms with Gasteiger partial charge in [0.2, 0.25) is 0 Å². The number of methoxy groups -OCH3 is 1. The summed E-state index contributed by atoms with van der Waals surface area (Å²) in [7, 11) is 3.39. The summed E-state index contributed by atoms with van der Waals surface area (Å²) in [6, 6.07) is 6.32. The van der Waals surface area contributed by atoms with E-state index in [9.17, 15) is 9.59 Å². The van der Waals surface area contributed by atoms with E-state index in [2.05, 4.69) is 11.6 Å². The van der Waals surface area contributed by atoms with Crippen LogP contribution in [0, 0.1) is 0 Å². The zero-order valence-electron chi connectivity index (χ0n) is 14.3. The molecule has 130 valence electrons. The van der Waals surface area contributed by atoms with Gasteiger partial charge in [0.15, 0.2) is 0 Å². The van der Waals surface area contributed by atoms with Crippen LogP contribution in [-0.4, -0.2) is 51.5 Å². The fourth-order valence-electron chi connectivity index (χ4n) is 3.05. The SMILES string of the molecule is C=CCN1CC(=O)N([C@@H](c2ccccc2OC)c2nccn2C)C1=O. The Hall–Kier alpha value is -3.09. The van der Waals surface area contributed by atoms with Crippen molar-refractivity contribution in [2.24, 2.45) is 7.05 Å². The van der Waals surface area contributed by atoms with Crippen LogP contribution in [0.5, 0.6) is 5.75 Å². The lowest BCUT2D eigenvalue weighted by molar-refractivity contribution is -0.126. The second-order valence-corrected chi connectivity index (χ2v) is 5.76. The van der Waals surface area contributed by atoms with Crippen LogP contribution >= 0.6 is 0 Å². The minimum absolute atomic E-state index is 0.0287. The van der Waals surface area contributed by atoms with E-state index in [1.165, 1.54) is 9.80 Å². The van der Waals surface area contributed by atoms with Crippen LogP contribution in [0.3, 0.4) is 0 Å². The highest BCUT2D eigenvalue weighted by atomic mass is 16.5. The van der Waals surface area contributed by atoms with Crippen LogP contribution in [0.25, 0.3) is 0 Å². The van der Waals surface area contributed by atoms with Crippen molar-refractivity contribution >= 4 is 11.9 Å². The van der Waals surface area contributed by atoms with E-state index in [0.29, 0.717) is 23.7 Å². The van der Waals surface area contributed by atoms with Crippen LogP contribution in [0.2, 0.25) is 0 Å². The summed E-state index contributed by atoms with van der Waals surface area (Å²) >= 11 is 0. The number of hydrogen-bond acceptors (Lipinski definition) is 4. The van der Waals surface area contributed by atoms with E-state index >= 15 is 0 Å². The molecule has 2 aromatic rings. The van der Waals surface area contributed by atoms with Gasteiger partial charge < -0.3 is 14.2 Å². The molecule has 0 N–H and O–H groups in total. The topological polar surface area (TPSA) is 67.7 Å². The fraction of sp³-hybridized carbons (Fsp3) is 0.278. The third-order valence-corrected chi connectivity index (χ3v) is 4.22. The number of urea groups is 1. The Morgan fingerprint density at radius 2 is 2.12 bits per heavy atom. The normalized spacial score (nSPS) is 15.6. The number of rotatable bonds is 6. The zero-order chi connectivity index (χ0) is 18.0. The van der Waals surface area contributed by atoms with E-state index in [-0.39, 0.29) is 18.5 Å². The highest BCUT2D eigenvalue weighted by molar-refractivity contribution is 6.02. The molecule has 0 radical (unpaired) electrons. The molecule has 1 aromatic heterocycles.